The van der Waals surface area contributed by atoms with E-state index in [4.69, 9.17) is 14.6 Å². The molecule has 0 unspecified atom stereocenters. The van der Waals surface area contributed by atoms with Gasteiger partial charge in [-0.3, -0.25) is 14.4 Å². The highest BCUT2D eigenvalue weighted by atomic mass is 16.7. The molecule has 1 aromatic rings. The number of carbonyl (C=O) groups is 3. The molecule has 0 atom stereocenters. The van der Waals surface area contributed by atoms with Crippen LogP contribution in [0.25, 0.3) is 0 Å². The van der Waals surface area contributed by atoms with Crippen LogP contribution in [0.5, 0.6) is 11.5 Å². The standard InChI is InChI=1S/C17H22N2O6/c1-11(2)9-19(6-5-16(21)22)15(20)8-18-17(23)12-3-4-13-14(7-12)25-10-24-13/h3-4,7,11H,5-6,8-10H2,1-2H3,(H,18,23)(H,21,22). The molecular weight excluding hydrogens is 328 g/mol. The third-order valence-electron chi connectivity index (χ3n) is 3.57. The minimum absolute atomic E-state index is 0.117. The number of carboxylic acid groups (broad SMARTS) is 1. The smallest absolute Gasteiger partial charge is 0.305 e. The lowest BCUT2D eigenvalue weighted by Crippen LogP contribution is -2.42. The maximum Gasteiger partial charge on any atom is 0.305 e. The first-order chi connectivity index (χ1) is 11.9. The highest BCUT2D eigenvalue weighted by Gasteiger charge is 2.19. The van der Waals surface area contributed by atoms with Gasteiger partial charge in [-0.1, -0.05) is 13.8 Å². The molecule has 0 spiro atoms. The topological polar surface area (TPSA) is 105 Å². The van der Waals surface area contributed by atoms with E-state index < -0.39 is 11.9 Å². The van der Waals surface area contributed by atoms with E-state index in [1.165, 1.54) is 4.90 Å². The first-order valence-electron chi connectivity index (χ1n) is 8.04. The summed E-state index contributed by atoms with van der Waals surface area (Å²) in [6.07, 6.45) is -0.130. The number of hydrogen-bond donors (Lipinski definition) is 2. The SMILES string of the molecule is CC(C)CN(CCC(=O)O)C(=O)CNC(=O)c1ccc2c(c1)OCO2. The monoisotopic (exact) mass is 350 g/mol. The molecule has 0 saturated heterocycles. The Bertz CT molecular complexity index is 659. The number of hydrogen-bond acceptors (Lipinski definition) is 5. The second kappa shape index (κ2) is 8.36. The molecule has 2 N–H and O–H groups in total. The lowest BCUT2D eigenvalue weighted by Gasteiger charge is -2.24. The molecule has 1 aromatic carbocycles. The Balaban J connectivity index is 1.91. The van der Waals surface area contributed by atoms with Gasteiger partial charge in [-0.25, -0.2) is 0 Å². The molecule has 136 valence electrons. The number of ether oxygens (including phenoxy) is 2. The number of carbonyl (C=O) groups excluding carboxylic acids is 2. The Morgan fingerprint density at radius 2 is 1.96 bits per heavy atom. The molecule has 1 aliphatic heterocycles. The summed E-state index contributed by atoms with van der Waals surface area (Å²) in [5.74, 6) is -0.432. The maximum atomic E-state index is 12.3. The molecule has 2 amide bonds. The molecule has 1 heterocycles. The van der Waals surface area contributed by atoms with E-state index in [9.17, 15) is 14.4 Å². The third-order valence-corrected chi connectivity index (χ3v) is 3.57. The van der Waals surface area contributed by atoms with Gasteiger partial charge in [0.15, 0.2) is 11.5 Å². The predicted octanol–water partition coefficient (Wildman–Crippen LogP) is 1.10. The van der Waals surface area contributed by atoms with Crippen LogP contribution in [0.1, 0.15) is 30.6 Å². The van der Waals surface area contributed by atoms with E-state index in [1.807, 2.05) is 13.8 Å². The van der Waals surface area contributed by atoms with Crippen molar-refractivity contribution in [2.24, 2.45) is 5.92 Å². The van der Waals surface area contributed by atoms with Crippen molar-refractivity contribution in [3.8, 4) is 11.5 Å². The van der Waals surface area contributed by atoms with Crippen LogP contribution < -0.4 is 14.8 Å². The second-order valence-corrected chi connectivity index (χ2v) is 6.13. The molecule has 0 aliphatic carbocycles. The fraction of sp³-hybridized carbons (Fsp3) is 0.471. The Morgan fingerprint density at radius 1 is 1.24 bits per heavy atom. The van der Waals surface area contributed by atoms with Crippen molar-refractivity contribution in [1.29, 1.82) is 0 Å². The first-order valence-corrected chi connectivity index (χ1v) is 8.04. The molecule has 0 fully saturated rings. The lowest BCUT2D eigenvalue weighted by atomic mass is 10.2. The van der Waals surface area contributed by atoms with Crippen molar-refractivity contribution in [3.05, 3.63) is 23.8 Å². The molecule has 2 rings (SSSR count). The number of aliphatic carboxylic acids is 1. The Hall–Kier alpha value is -2.77. The van der Waals surface area contributed by atoms with Crippen molar-refractivity contribution >= 4 is 17.8 Å². The summed E-state index contributed by atoms with van der Waals surface area (Å²) in [6.45, 7) is 4.35. The van der Waals surface area contributed by atoms with Crippen LogP contribution in [-0.4, -0.2) is 54.2 Å². The lowest BCUT2D eigenvalue weighted by molar-refractivity contribution is -0.138. The highest BCUT2D eigenvalue weighted by molar-refractivity contribution is 5.97. The van der Waals surface area contributed by atoms with Crippen molar-refractivity contribution in [2.45, 2.75) is 20.3 Å². The van der Waals surface area contributed by atoms with Crippen LogP contribution in [0.4, 0.5) is 0 Å². The molecule has 8 heteroatoms. The normalized spacial score (nSPS) is 12.1. The highest BCUT2D eigenvalue weighted by Crippen LogP contribution is 2.32. The van der Waals surface area contributed by atoms with Gasteiger partial charge in [0.05, 0.1) is 13.0 Å². The van der Waals surface area contributed by atoms with Crippen molar-refractivity contribution in [1.82, 2.24) is 10.2 Å². The summed E-state index contributed by atoms with van der Waals surface area (Å²) in [7, 11) is 0. The quantitative estimate of drug-likeness (QED) is 0.727. The Kier molecular flexibility index (Phi) is 6.21. The molecule has 1 aliphatic rings. The van der Waals surface area contributed by atoms with Gasteiger partial charge in [0.25, 0.3) is 5.91 Å². The number of nitrogens with zero attached hydrogens (tertiary/aromatic N) is 1. The Morgan fingerprint density at radius 3 is 2.64 bits per heavy atom. The van der Waals surface area contributed by atoms with E-state index in [2.05, 4.69) is 5.32 Å². The third kappa shape index (κ3) is 5.37. The van der Waals surface area contributed by atoms with Gasteiger partial charge in [-0.15, -0.1) is 0 Å². The summed E-state index contributed by atoms with van der Waals surface area (Å²) in [4.78, 5) is 36.7. The summed E-state index contributed by atoms with van der Waals surface area (Å²) in [5.41, 5.74) is 0.359. The van der Waals surface area contributed by atoms with E-state index in [0.29, 0.717) is 23.6 Å². The van der Waals surface area contributed by atoms with Gasteiger partial charge in [0, 0.05) is 18.7 Å². The van der Waals surface area contributed by atoms with Crippen LogP contribution in [0.3, 0.4) is 0 Å². The van der Waals surface area contributed by atoms with Crippen LogP contribution in [0.15, 0.2) is 18.2 Å². The molecule has 0 radical (unpaired) electrons. The van der Waals surface area contributed by atoms with Gasteiger partial charge in [-0.2, -0.15) is 0 Å². The molecule has 8 nitrogen and oxygen atoms in total. The minimum atomic E-state index is -0.967. The molecule has 0 saturated carbocycles. The number of rotatable bonds is 8. The average molecular weight is 350 g/mol. The zero-order valence-electron chi connectivity index (χ0n) is 14.3. The largest absolute Gasteiger partial charge is 0.481 e. The van der Waals surface area contributed by atoms with Crippen LogP contribution >= 0.6 is 0 Å². The van der Waals surface area contributed by atoms with Gasteiger partial charge >= 0.3 is 5.97 Å². The van der Waals surface area contributed by atoms with Crippen molar-refractivity contribution < 1.29 is 29.0 Å². The molecule has 0 bridgehead atoms. The number of carboxylic acids is 1. The van der Waals surface area contributed by atoms with Crippen molar-refractivity contribution in [2.75, 3.05) is 26.4 Å². The van der Waals surface area contributed by atoms with Gasteiger partial charge in [0.1, 0.15) is 0 Å². The maximum absolute atomic E-state index is 12.3. The van der Waals surface area contributed by atoms with E-state index >= 15 is 0 Å². The second-order valence-electron chi connectivity index (χ2n) is 6.13. The number of nitrogens with one attached hydrogen (secondary N) is 1. The minimum Gasteiger partial charge on any atom is -0.481 e. The number of benzene rings is 1. The summed E-state index contributed by atoms with van der Waals surface area (Å²) in [5, 5.41) is 11.3. The van der Waals surface area contributed by atoms with E-state index in [0.717, 1.165) is 0 Å². The molecule has 25 heavy (non-hydrogen) atoms. The van der Waals surface area contributed by atoms with Gasteiger partial charge < -0.3 is 24.8 Å². The Labute approximate surface area is 145 Å². The summed E-state index contributed by atoms with van der Waals surface area (Å²) >= 11 is 0. The van der Waals surface area contributed by atoms with Crippen LogP contribution in [0.2, 0.25) is 0 Å². The first kappa shape index (κ1) is 18.6. The summed E-state index contributed by atoms with van der Waals surface area (Å²) in [6, 6.07) is 4.78. The van der Waals surface area contributed by atoms with Crippen molar-refractivity contribution in [3.63, 3.8) is 0 Å². The van der Waals surface area contributed by atoms with Crippen LogP contribution in [-0.2, 0) is 9.59 Å². The zero-order valence-corrected chi connectivity index (χ0v) is 14.3. The summed E-state index contributed by atoms with van der Waals surface area (Å²) < 4.78 is 10.4. The fourth-order valence-electron chi connectivity index (χ4n) is 2.40. The fourth-order valence-corrected chi connectivity index (χ4v) is 2.40. The molecular formula is C17H22N2O6. The van der Waals surface area contributed by atoms with Gasteiger partial charge in [0.2, 0.25) is 12.7 Å². The van der Waals surface area contributed by atoms with E-state index in [1.54, 1.807) is 18.2 Å². The predicted molar refractivity (Wildman–Crippen MR) is 88.6 cm³/mol. The zero-order chi connectivity index (χ0) is 18.4. The number of amides is 2. The molecule has 0 aromatic heterocycles. The average Bonchev–Trinajstić information content (AvgIpc) is 3.03. The van der Waals surface area contributed by atoms with Gasteiger partial charge in [-0.05, 0) is 24.1 Å². The number of fused-ring (bicyclic) bond motifs is 1. The van der Waals surface area contributed by atoms with Crippen LogP contribution in [0, 0.1) is 5.92 Å². The van der Waals surface area contributed by atoms with E-state index in [-0.39, 0.29) is 38.1 Å².